The molecule has 2 fully saturated rings. The number of anilines is 2. The van der Waals surface area contributed by atoms with E-state index in [1.54, 1.807) is 20.8 Å². The number of rotatable bonds is 3. The van der Waals surface area contributed by atoms with Crippen molar-refractivity contribution in [1.29, 1.82) is 5.26 Å². The van der Waals surface area contributed by atoms with E-state index in [0.717, 1.165) is 17.5 Å². The third-order valence-electron chi connectivity index (χ3n) is 7.32. The molecule has 1 N–H and O–H groups in total. The Morgan fingerprint density at radius 1 is 1.19 bits per heavy atom. The number of halogens is 2. The number of hydrogen-bond donors (Lipinski definition) is 1. The molecule has 2 saturated heterocycles. The van der Waals surface area contributed by atoms with E-state index in [1.165, 1.54) is 11.1 Å². The number of nitrogens with one attached hydrogen (secondary N) is 1. The lowest BCUT2D eigenvalue weighted by Crippen LogP contribution is -2.37. The minimum atomic E-state index is -0.837. The second kappa shape index (κ2) is 9.76. The van der Waals surface area contributed by atoms with E-state index in [4.69, 9.17) is 18.9 Å². The summed E-state index contributed by atoms with van der Waals surface area (Å²) < 4.78 is 53.6. The van der Waals surface area contributed by atoms with Crippen molar-refractivity contribution in [3.63, 3.8) is 0 Å². The van der Waals surface area contributed by atoms with Gasteiger partial charge in [-0.15, -0.1) is 11.3 Å². The largest absolute Gasteiger partial charge is 0.444 e. The molecule has 4 aromatic rings. The third kappa shape index (κ3) is 4.32. The van der Waals surface area contributed by atoms with Crippen LogP contribution in [0.1, 0.15) is 37.5 Å². The van der Waals surface area contributed by atoms with E-state index in [2.05, 4.69) is 20.3 Å². The molecule has 15 heteroatoms. The number of nitriles is 1. The Morgan fingerprint density at radius 2 is 1.98 bits per heavy atom. The number of pyridine rings is 1. The van der Waals surface area contributed by atoms with Gasteiger partial charge in [0.1, 0.15) is 28.2 Å². The van der Waals surface area contributed by atoms with Crippen LogP contribution in [0.3, 0.4) is 0 Å². The third-order valence-corrected chi connectivity index (χ3v) is 8.43. The van der Waals surface area contributed by atoms with E-state index in [1.807, 2.05) is 6.07 Å². The molecule has 2 atom stereocenters. The van der Waals surface area contributed by atoms with Crippen molar-refractivity contribution in [3.05, 3.63) is 40.7 Å². The van der Waals surface area contributed by atoms with Gasteiger partial charge in [0.15, 0.2) is 17.7 Å². The zero-order valence-electron chi connectivity index (χ0n) is 23.0. The van der Waals surface area contributed by atoms with Crippen molar-refractivity contribution in [2.75, 3.05) is 23.4 Å². The first-order chi connectivity index (χ1) is 20.6. The molecule has 2 amide bonds. The number of aromatic nitrogens is 3. The van der Waals surface area contributed by atoms with Crippen LogP contribution in [0.5, 0.6) is 0 Å². The Labute approximate surface area is 246 Å². The molecule has 3 aromatic heterocycles. The van der Waals surface area contributed by atoms with Crippen LogP contribution in [-0.4, -0.2) is 58.1 Å². The molecule has 12 nitrogen and oxygen atoms in total. The number of hydrogen-bond acceptors (Lipinski definition) is 11. The molecule has 7 rings (SSSR count). The topological polar surface area (TPSA) is 149 Å². The van der Waals surface area contributed by atoms with Crippen molar-refractivity contribution in [1.82, 2.24) is 15.0 Å². The smallest absolute Gasteiger partial charge is 0.417 e. The summed E-state index contributed by atoms with van der Waals surface area (Å²) >= 11 is 0.811. The highest BCUT2D eigenvalue weighted by molar-refractivity contribution is 7.23. The van der Waals surface area contributed by atoms with Crippen LogP contribution < -0.4 is 10.2 Å². The lowest BCUT2D eigenvalue weighted by atomic mass is 9.94. The molecule has 0 aliphatic carbocycles. The summed E-state index contributed by atoms with van der Waals surface area (Å²) in [6.45, 7) is 5.63. The van der Waals surface area contributed by atoms with Crippen molar-refractivity contribution in [3.8, 4) is 17.3 Å². The van der Waals surface area contributed by atoms with Crippen LogP contribution in [0.15, 0.2) is 12.4 Å². The first kappa shape index (κ1) is 27.3. The lowest BCUT2D eigenvalue weighted by Gasteiger charge is -2.19. The van der Waals surface area contributed by atoms with Crippen LogP contribution in [0.4, 0.5) is 29.3 Å². The van der Waals surface area contributed by atoms with E-state index >= 15 is 8.78 Å². The van der Waals surface area contributed by atoms with Crippen molar-refractivity contribution in [2.24, 2.45) is 0 Å². The number of carbonyl (C=O) groups is 2. The standard InChI is InChI=1S/C28H22F2N6O6S/c1-28(2,3)42-26(37)35-24-11(4-31)19-22(32-6-15(29)23(19)43-24)18-14-8-39-7-13(14)12-5-33-25(34-21(12)20(18)30)36-16-9-40-10-17(16)41-27(36)38/h5-6,16-17H,7-10H2,1-3H3,(H,35,37). The van der Waals surface area contributed by atoms with Gasteiger partial charge in [0.25, 0.3) is 0 Å². The predicted molar refractivity (Wildman–Crippen MR) is 148 cm³/mol. The fraction of sp³-hybridized carbons (Fsp3) is 0.357. The maximum atomic E-state index is 16.7. The summed E-state index contributed by atoms with van der Waals surface area (Å²) in [6.07, 6.45) is 0.382. The van der Waals surface area contributed by atoms with Crippen LogP contribution in [0.25, 0.3) is 32.2 Å². The normalized spacial score (nSPS) is 19.4. The van der Waals surface area contributed by atoms with E-state index < -0.39 is 41.6 Å². The summed E-state index contributed by atoms with van der Waals surface area (Å²) in [4.78, 5) is 39.4. The number of thiophene rings is 1. The fourth-order valence-electron chi connectivity index (χ4n) is 5.55. The van der Waals surface area contributed by atoms with Gasteiger partial charge in [0.05, 0.1) is 48.6 Å². The van der Waals surface area contributed by atoms with E-state index in [0.29, 0.717) is 16.5 Å². The van der Waals surface area contributed by atoms with Crippen LogP contribution in [0, 0.1) is 23.0 Å². The maximum absolute atomic E-state index is 16.7. The van der Waals surface area contributed by atoms with Crippen molar-refractivity contribution < 1.29 is 37.3 Å². The molecular weight excluding hydrogens is 586 g/mol. The summed E-state index contributed by atoms with van der Waals surface area (Å²) in [5.41, 5.74) is -0.0349. The van der Waals surface area contributed by atoms with Gasteiger partial charge in [-0.1, -0.05) is 0 Å². The van der Waals surface area contributed by atoms with Gasteiger partial charge in [-0.25, -0.2) is 33.2 Å². The minimum absolute atomic E-state index is 0.00441. The van der Waals surface area contributed by atoms with Gasteiger partial charge in [-0.2, -0.15) is 5.26 Å². The Kier molecular flexibility index (Phi) is 6.20. The SMILES string of the molecule is CC(C)(C)OC(=O)Nc1sc2c(F)cnc(-c3c4c(c5cnc(N6C(=O)OC7COCC76)nc5c3F)COC4)c2c1C#N. The van der Waals surface area contributed by atoms with Crippen LogP contribution >= 0.6 is 11.3 Å². The number of amides is 2. The molecule has 0 radical (unpaired) electrons. The van der Waals surface area contributed by atoms with Gasteiger partial charge >= 0.3 is 12.2 Å². The summed E-state index contributed by atoms with van der Waals surface area (Å²) in [7, 11) is 0. The number of carbonyl (C=O) groups excluding carboxylic acids is 2. The van der Waals surface area contributed by atoms with Crippen molar-refractivity contribution >= 4 is 55.5 Å². The van der Waals surface area contributed by atoms with E-state index in [9.17, 15) is 14.9 Å². The zero-order chi connectivity index (χ0) is 30.2. The molecule has 220 valence electrons. The summed E-state index contributed by atoms with van der Waals surface area (Å²) in [5, 5.41) is 13.1. The first-order valence-electron chi connectivity index (χ1n) is 13.2. The second-order valence-corrected chi connectivity index (χ2v) is 12.2. The summed E-state index contributed by atoms with van der Waals surface area (Å²) in [5.74, 6) is -1.63. The molecule has 43 heavy (non-hydrogen) atoms. The molecular formula is C28H22F2N6O6S. The number of nitrogens with zero attached hydrogens (tertiary/aromatic N) is 5. The van der Waals surface area contributed by atoms with Gasteiger partial charge in [0, 0.05) is 22.5 Å². The molecule has 3 aliphatic rings. The number of ether oxygens (including phenoxy) is 4. The Bertz CT molecular complexity index is 1920. The van der Waals surface area contributed by atoms with Gasteiger partial charge in [-0.05, 0) is 31.9 Å². The highest BCUT2D eigenvalue weighted by atomic mass is 32.1. The van der Waals surface area contributed by atoms with Crippen molar-refractivity contribution in [2.45, 2.75) is 51.7 Å². The van der Waals surface area contributed by atoms with Crippen LogP contribution in [0.2, 0.25) is 0 Å². The maximum Gasteiger partial charge on any atom is 0.417 e. The minimum Gasteiger partial charge on any atom is -0.444 e. The molecule has 0 saturated carbocycles. The molecule has 6 heterocycles. The zero-order valence-corrected chi connectivity index (χ0v) is 23.8. The average Bonchev–Trinajstić information content (AvgIpc) is 3.72. The predicted octanol–water partition coefficient (Wildman–Crippen LogP) is 5.16. The number of benzene rings is 1. The molecule has 1 aromatic carbocycles. The Morgan fingerprint density at radius 3 is 2.74 bits per heavy atom. The quantitative estimate of drug-likeness (QED) is 0.331. The molecule has 0 bridgehead atoms. The Hall–Kier alpha value is -4.52. The number of fused-ring (bicyclic) bond motifs is 5. The van der Waals surface area contributed by atoms with Crippen LogP contribution in [-0.2, 0) is 32.2 Å². The van der Waals surface area contributed by atoms with Gasteiger partial charge in [-0.3, -0.25) is 10.3 Å². The highest BCUT2D eigenvalue weighted by Crippen LogP contribution is 2.46. The lowest BCUT2D eigenvalue weighted by molar-refractivity contribution is 0.0636. The van der Waals surface area contributed by atoms with E-state index in [-0.39, 0.29) is 69.8 Å². The first-order valence-corrected chi connectivity index (χ1v) is 14.0. The van der Waals surface area contributed by atoms with Gasteiger partial charge < -0.3 is 18.9 Å². The molecule has 0 spiro atoms. The monoisotopic (exact) mass is 608 g/mol. The highest BCUT2D eigenvalue weighted by Gasteiger charge is 2.48. The van der Waals surface area contributed by atoms with Gasteiger partial charge in [0.2, 0.25) is 5.95 Å². The fourth-order valence-corrected chi connectivity index (χ4v) is 6.59. The molecule has 2 unspecified atom stereocenters. The average molecular weight is 609 g/mol. The summed E-state index contributed by atoms with van der Waals surface area (Å²) in [6, 6.07) is 1.55. The second-order valence-electron chi connectivity index (χ2n) is 11.2. The molecule has 3 aliphatic heterocycles. The Balaban J connectivity index is 1.42.